The van der Waals surface area contributed by atoms with Crippen molar-refractivity contribution in [3.8, 4) is 0 Å². The van der Waals surface area contributed by atoms with Crippen molar-refractivity contribution in [2.45, 2.75) is 43.9 Å². The van der Waals surface area contributed by atoms with E-state index in [2.05, 4.69) is 5.32 Å². The van der Waals surface area contributed by atoms with Crippen LogP contribution in [0.4, 0.5) is 0 Å². The van der Waals surface area contributed by atoms with Crippen LogP contribution in [0.3, 0.4) is 0 Å². The Hall–Kier alpha value is -1.39. The quantitative estimate of drug-likeness (QED) is 0.857. The number of rotatable bonds is 4. The minimum atomic E-state index is -0.289. The molecule has 0 bridgehead atoms. The van der Waals surface area contributed by atoms with Crippen LogP contribution in [0.2, 0.25) is 0 Å². The Bertz CT molecular complexity index is 467. The minimum Gasteiger partial charge on any atom is -0.465 e. The van der Waals surface area contributed by atoms with Crippen LogP contribution in [0.5, 0.6) is 0 Å². The first-order chi connectivity index (χ1) is 9.76. The maximum atomic E-state index is 11.4. The van der Waals surface area contributed by atoms with Crippen LogP contribution >= 0.6 is 0 Å². The second kappa shape index (κ2) is 5.94. The van der Waals surface area contributed by atoms with E-state index in [4.69, 9.17) is 9.47 Å². The molecule has 1 aromatic carbocycles. The van der Waals surface area contributed by atoms with Crippen LogP contribution in [-0.2, 0) is 9.47 Å². The molecular weight excluding hydrogens is 254 g/mol. The van der Waals surface area contributed by atoms with Gasteiger partial charge in [-0.1, -0.05) is 12.1 Å². The minimum absolute atomic E-state index is 0.289. The standard InChI is InChI=1S/C16H21NO3/c1-19-16(18)12-4-2-11(3-5-12)15-10-14(8-9-17-15)20-13-6-7-13/h2-5,13-15,17H,6-10H2,1H3/t14-,15-/m0/s1. The average Bonchev–Trinajstić information content (AvgIpc) is 3.31. The van der Waals surface area contributed by atoms with E-state index in [0.717, 1.165) is 19.4 Å². The Morgan fingerprint density at radius 1 is 1.15 bits per heavy atom. The third-order valence-corrected chi connectivity index (χ3v) is 4.00. The molecule has 1 heterocycles. The van der Waals surface area contributed by atoms with Gasteiger partial charge in [0.15, 0.2) is 0 Å². The maximum absolute atomic E-state index is 11.4. The smallest absolute Gasteiger partial charge is 0.337 e. The van der Waals surface area contributed by atoms with Gasteiger partial charge in [0.05, 0.1) is 24.9 Å². The van der Waals surface area contributed by atoms with Gasteiger partial charge in [-0.05, 0) is 49.9 Å². The van der Waals surface area contributed by atoms with Crippen molar-refractivity contribution in [3.63, 3.8) is 0 Å². The molecule has 3 rings (SSSR count). The van der Waals surface area contributed by atoms with Crippen molar-refractivity contribution < 1.29 is 14.3 Å². The van der Waals surface area contributed by atoms with Gasteiger partial charge in [-0.2, -0.15) is 0 Å². The highest BCUT2D eigenvalue weighted by molar-refractivity contribution is 5.89. The molecular formula is C16H21NO3. The van der Waals surface area contributed by atoms with Gasteiger partial charge >= 0.3 is 5.97 Å². The van der Waals surface area contributed by atoms with Gasteiger partial charge in [0.25, 0.3) is 0 Å². The fourth-order valence-corrected chi connectivity index (χ4v) is 2.71. The molecule has 1 saturated carbocycles. The first kappa shape index (κ1) is 13.6. The highest BCUT2D eigenvalue weighted by Gasteiger charge is 2.30. The number of carbonyl (C=O) groups excluding carboxylic acids is 1. The van der Waals surface area contributed by atoms with Crippen LogP contribution in [-0.4, -0.2) is 31.8 Å². The number of piperidine rings is 1. The number of nitrogens with one attached hydrogen (secondary N) is 1. The molecule has 4 nitrogen and oxygen atoms in total. The van der Waals surface area contributed by atoms with Crippen LogP contribution in [0.15, 0.2) is 24.3 Å². The van der Waals surface area contributed by atoms with Gasteiger partial charge in [0.2, 0.25) is 0 Å². The molecule has 0 spiro atoms. The highest BCUT2D eigenvalue weighted by atomic mass is 16.5. The van der Waals surface area contributed by atoms with Gasteiger partial charge in [-0.15, -0.1) is 0 Å². The number of hydrogen-bond donors (Lipinski definition) is 1. The predicted molar refractivity (Wildman–Crippen MR) is 75.7 cm³/mol. The lowest BCUT2D eigenvalue weighted by Gasteiger charge is -2.30. The molecule has 1 aromatic rings. The first-order valence-electron chi connectivity index (χ1n) is 7.33. The number of ether oxygens (including phenoxy) is 2. The molecule has 0 aromatic heterocycles. The van der Waals surface area contributed by atoms with E-state index >= 15 is 0 Å². The van der Waals surface area contributed by atoms with Gasteiger partial charge in [-0.3, -0.25) is 0 Å². The third-order valence-electron chi connectivity index (χ3n) is 4.00. The molecule has 0 amide bonds. The van der Waals surface area contributed by atoms with Gasteiger partial charge in [0, 0.05) is 6.04 Å². The average molecular weight is 275 g/mol. The number of esters is 1. The molecule has 0 radical (unpaired) electrons. The van der Waals surface area contributed by atoms with E-state index in [1.54, 1.807) is 0 Å². The van der Waals surface area contributed by atoms with E-state index in [1.807, 2.05) is 24.3 Å². The normalized spacial score (nSPS) is 26.2. The Balaban J connectivity index is 1.63. The molecule has 1 saturated heterocycles. The Morgan fingerprint density at radius 3 is 2.55 bits per heavy atom. The molecule has 108 valence electrons. The van der Waals surface area contributed by atoms with Crippen molar-refractivity contribution in [1.82, 2.24) is 5.32 Å². The summed E-state index contributed by atoms with van der Waals surface area (Å²) in [5.41, 5.74) is 1.81. The summed E-state index contributed by atoms with van der Waals surface area (Å²) in [6.07, 6.45) is 5.43. The number of carbonyl (C=O) groups is 1. The lowest BCUT2D eigenvalue weighted by molar-refractivity contribution is 0.0103. The van der Waals surface area contributed by atoms with Crippen LogP contribution in [0.1, 0.15) is 47.6 Å². The maximum Gasteiger partial charge on any atom is 0.337 e. The molecule has 4 heteroatoms. The Labute approximate surface area is 119 Å². The second-order valence-electron chi connectivity index (χ2n) is 5.60. The van der Waals surface area contributed by atoms with Crippen molar-refractivity contribution in [1.29, 1.82) is 0 Å². The number of methoxy groups -OCH3 is 1. The Kier molecular flexibility index (Phi) is 4.03. The topological polar surface area (TPSA) is 47.6 Å². The summed E-state index contributed by atoms with van der Waals surface area (Å²) in [5, 5.41) is 3.53. The van der Waals surface area contributed by atoms with Crippen LogP contribution in [0, 0.1) is 0 Å². The monoisotopic (exact) mass is 275 g/mol. The lowest BCUT2D eigenvalue weighted by atomic mass is 9.95. The van der Waals surface area contributed by atoms with Gasteiger partial charge in [0.1, 0.15) is 0 Å². The molecule has 0 unspecified atom stereocenters. The van der Waals surface area contributed by atoms with E-state index in [0.29, 0.717) is 23.8 Å². The largest absolute Gasteiger partial charge is 0.465 e. The summed E-state index contributed by atoms with van der Waals surface area (Å²) in [6.45, 7) is 0.987. The number of benzene rings is 1. The van der Waals surface area contributed by atoms with Crippen LogP contribution < -0.4 is 5.32 Å². The van der Waals surface area contributed by atoms with Crippen LogP contribution in [0.25, 0.3) is 0 Å². The fraction of sp³-hybridized carbons (Fsp3) is 0.562. The molecule has 2 fully saturated rings. The van der Waals surface area contributed by atoms with E-state index in [1.165, 1.54) is 25.5 Å². The zero-order valence-electron chi connectivity index (χ0n) is 11.8. The molecule has 1 aliphatic carbocycles. The summed E-state index contributed by atoms with van der Waals surface area (Å²) in [4.78, 5) is 11.4. The van der Waals surface area contributed by atoms with Crippen molar-refractivity contribution >= 4 is 5.97 Å². The zero-order chi connectivity index (χ0) is 13.9. The predicted octanol–water partition coefficient (Wildman–Crippen LogP) is 2.45. The van der Waals surface area contributed by atoms with E-state index < -0.39 is 0 Å². The fourth-order valence-electron chi connectivity index (χ4n) is 2.71. The van der Waals surface area contributed by atoms with E-state index in [-0.39, 0.29) is 5.97 Å². The molecule has 20 heavy (non-hydrogen) atoms. The zero-order valence-corrected chi connectivity index (χ0v) is 11.8. The summed E-state index contributed by atoms with van der Waals surface area (Å²) in [5.74, 6) is -0.289. The van der Waals surface area contributed by atoms with Crippen molar-refractivity contribution in [2.24, 2.45) is 0 Å². The van der Waals surface area contributed by atoms with Crippen molar-refractivity contribution in [3.05, 3.63) is 35.4 Å². The molecule has 2 atom stereocenters. The first-order valence-corrected chi connectivity index (χ1v) is 7.33. The van der Waals surface area contributed by atoms with Gasteiger partial charge in [-0.25, -0.2) is 4.79 Å². The Morgan fingerprint density at radius 2 is 1.90 bits per heavy atom. The molecule has 1 N–H and O–H groups in total. The van der Waals surface area contributed by atoms with Gasteiger partial charge < -0.3 is 14.8 Å². The highest BCUT2D eigenvalue weighted by Crippen LogP contribution is 2.31. The molecule has 2 aliphatic rings. The SMILES string of the molecule is COC(=O)c1ccc([C@@H]2C[C@@H](OC3CC3)CCN2)cc1. The molecule has 1 aliphatic heterocycles. The number of hydrogen-bond acceptors (Lipinski definition) is 4. The summed E-state index contributed by atoms with van der Waals surface area (Å²) in [6, 6.07) is 7.98. The summed E-state index contributed by atoms with van der Waals surface area (Å²) >= 11 is 0. The van der Waals surface area contributed by atoms with Crippen molar-refractivity contribution in [2.75, 3.05) is 13.7 Å². The summed E-state index contributed by atoms with van der Waals surface area (Å²) in [7, 11) is 1.40. The summed E-state index contributed by atoms with van der Waals surface area (Å²) < 4.78 is 10.7. The second-order valence-corrected chi connectivity index (χ2v) is 5.60. The third kappa shape index (κ3) is 3.19. The lowest BCUT2D eigenvalue weighted by Crippen LogP contribution is -2.36. The van der Waals surface area contributed by atoms with E-state index in [9.17, 15) is 4.79 Å².